The second kappa shape index (κ2) is 8.73. The van der Waals surface area contributed by atoms with E-state index >= 15 is 0 Å². The van der Waals surface area contributed by atoms with Gasteiger partial charge in [0.05, 0.1) is 12.2 Å². The van der Waals surface area contributed by atoms with Crippen molar-refractivity contribution in [3.05, 3.63) is 17.5 Å². The molecule has 0 fully saturated rings. The van der Waals surface area contributed by atoms with Crippen molar-refractivity contribution in [3.8, 4) is 0 Å². The third-order valence-electron chi connectivity index (χ3n) is 2.82. The lowest BCUT2D eigenvalue weighted by molar-refractivity contribution is -0.138. The molecule has 0 spiro atoms. The molecule has 22 heavy (non-hydrogen) atoms. The van der Waals surface area contributed by atoms with Crippen LogP contribution >= 0.6 is 11.8 Å². The number of carbonyl (C=O) groups excluding carboxylic acids is 1. The average Bonchev–Trinajstić information content (AvgIpc) is 2.39. The summed E-state index contributed by atoms with van der Waals surface area (Å²) in [5.74, 6) is -0.468. The van der Waals surface area contributed by atoms with Crippen molar-refractivity contribution in [1.29, 1.82) is 0 Å². The fraction of sp³-hybridized carbons (Fsp3) is 0.600. The molecule has 0 aliphatic rings. The minimum Gasteiger partial charge on any atom is -0.481 e. The molecule has 0 aliphatic heterocycles. The largest absolute Gasteiger partial charge is 0.481 e. The van der Waals surface area contributed by atoms with Gasteiger partial charge in [-0.05, 0) is 25.8 Å². The summed E-state index contributed by atoms with van der Waals surface area (Å²) in [6.45, 7) is 8.57. The Kier molecular flexibility index (Phi) is 7.31. The van der Waals surface area contributed by atoms with Gasteiger partial charge in [-0.2, -0.15) is 0 Å². The fourth-order valence-corrected chi connectivity index (χ4v) is 2.82. The lowest BCUT2D eigenvalue weighted by atomic mass is 10.2. The minimum absolute atomic E-state index is 0.0385. The quantitative estimate of drug-likeness (QED) is 0.582. The van der Waals surface area contributed by atoms with Gasteiger partial charge in [-0.1, -0.05) is 25.6 Å². The van der Waals surface area contributed by atoms with Crippen molar-refractivity contribution in [3.63, 3.8) is 0 Å². The zero-order valence-electron chi connectivity index (χ0n) is 13.5. The maximum Gasteiger partial charge on any atom is 0.305 e. The highest BCUT2D eigenvalue weighted by Gasteiger charge is 2.17. The molecule has 0 atom stereocenters. The molecule has 1 N–H and O–H groups in total. The summed E-state index contributed by atoms with van der Waals surface area (Å²) in [5, 5.41) is 9.36. The Hall–Kier alpha value is -1.63. The van der Waals surface area contributed by atoms with Gasteiger partial charge in [0.15, 0.2) is 5.16 Å². The minimum atomic E-state index is -0.896. The van der Waals surface area contributed by atoms with Crippen molar-refractivity contribution in [2.24, 2.45) is 5.92 Å². The Morgan fingerprint density at radius 1 is 1.27 bits per heavy atom. The average molecular weight is 325 g/mol. The molecule has 0 saturated carbocycles. The molecule has 122 valence electrons. The summed E-state index contributed by atoms with van der Waals surface area (Å²) in [4.78, 5) is 33.2. The third kappa shape index (κ3) is 6.89. The Balaban J connectivity index is 2.63. The van der Waals surface area contributed by atoms with Gasteiger partial charge in [-0.15, -0.1) is 0 Å². The number of hydrogen-bond donors (Lipinski definition) is 1. The molecule has 1 aromatic heterocycles. The number of rotatable bonds is 8. The van der Waals surface area contributed by atoms with Crippen LogP contribution in [0.3, 0.4) is 0 Å². The van der Waals surface area contributed by atoms with Crippen LogP contribution in [0.2, 0.25) is 0 Å². The van der Waals surface area contributed by atoms with Crippen LogP contribution in [-0.4, -0.2) is 50.7 Å². The van der Waals surface area contributed by atoms with Gasteiger partial charge in [-0.3, -0.25) is 9.59 Å². The highest BCUT2D eigenvalue weighted by atomic mass is 32.2. The smallest absolute Gasteiger partial charge is 0.305 e. The van der Waals surface area contributed by atoms with Crippen molar-refractivity contribution < 1.29 is 14.7 Å². The molecule has 0 aromatic carbocycles. The molecule has 1 aromatic rings. The first-order chi connectivity index (χ1) is 10.3. The first kappa shape index (κ1) is 18.4. The first-order valence-electron chi connectivity index (χ1n) is 7.22. The predicted octanol–water partition coefficient (Wildman–Crippen LogP) is 2.14. The van der Waals surface area contributed by atoms with Gasteiger partial charge in [0.2, 0.25) is 5.91 Å². The normalized spacial score (nSPS) is 10.8. The summed E-state index contributed by atoms with van der Waals surface area (Å²) in [7, 11) is 0. The monoisotopic (exact) mass is 325 g/mol. The van der Waals surface area contributed by atoms with E-state index in [4.69, 9.17) is 5.11 Å². The molecule has 1 heterocycles. The third-order valence-corrected chi connectivity index (χ3v) is 3.65. The molecule has 7 heteroatoms. The number of hydrogen-bond acceptors (Lipinski definition) is 5. The molecule has 6 nitrogen and oxygen atoms in total. The molecule has 0 unspecified atom stereocenters. The highest BCUT2D eigenvalue weighted by Crippen LogP contribution is 2.15. The number of aliphatic carboxylic acids is 1. The number of aromatic nitrogens is 2. The number of aryl methyl sites for hydroxylation is 2. The second-order valence-corrected chi connectivity index (χ2v) is 6.54. The molecule has 1 rings (SSSR count). The Morgan fingerprint density at radius 2 is 1.86 bits per heavy atom. The van der Waals surface area contributed by atoms with Gasteiger partial charge in [0, 0.05) is 24.5 Å². The number of carboxylic acids is 1. The van der Waals surface area contributed by atoms with E-state index in [1.807, 2.05) is 33.8 Å². The first-order valence-corrected chi connectivity index (χ1v) is 8.21. The fourth-order valence-electron chi connectivity index (χ4n) is 1.96. The van der Waals surface area contributed by atoms with Gasteiger partial charge < -0.3 is 10.0 Å². The Labute approximate surface area is 135 Å². The van der Waals surface area contributed by atoms with Crippen molar-refractivity contribution >= 4 is 23.6 Å². The van der Waals surface area contributed by atoms with Crippen LogP contribution in [0.5, 0.6) is 0 Å². The van der Waals surface area contributed by atoms with E-state index < -0.39 is 5.97 Å². The SMILES string of the molecule is Cc1cc(C)nc(SCC(=O)N(CCC(=O)O)CC(C)C)n1. The Morgan fingerprint density at radius 3 is 2.36 bits per heavy atom. The van der Waals surface area contributed by atoms with Crippen molar-refractivity contribution in [2.45, 2.75) is 39.3 Å². The number of amides is 1. The second-order valence-electron chi connectivity index (χ2n) is 5.60. The zero-order valence-corrected chi connectivity index (χ0v) is 14.3. The van der Waals surface area contributed by atoms with Crippen LogP contribution in [0.15, 0.2) is 11.2 Å². The molecule has 0 bridgehead atoms. The Bertz CT molecular complexity index is 515. The van der Waals surface area contributed by atoms with E-state index in [2.05, 4.69) is 9.97 Å². The van der Waals surface area contributed by atoms with Gasteiger partial charge in [0.25, 0.3) is 0 Å². The number of carboxylic acid groups (broad SMARTS) is 1. The summed E-state index contributed by atoms with van der Waals surface area (Å²) < 4.78 is 0. The van der Waals surface area contributed by atoms with E-state index in [1.54, 1.807) is 4.90 Å². The lowest BCUT2D eigenvalue weighted by Gasteiger charge is -2.23. The van der Waals surface area contributed by atoms with E-state index in [0.29, 0.717) is 17.6 Å². The molecular formula is C15H23N3O3S. The summed E-state index contributed by atoms with van der Waals surface area (Å²) in [6, 6.07) is 1.88. The maximum absolute atomic E-state index is 12.3. The van der Waals surface area contributed by atoms with E-state index in [9.17, 15) is 9.59 Å². The summed E-state index contributed by atoms with van der Waals surface area (Å²) in [5.41, 5.74) is 1.74. The van der Waals surface area contributed by atoms with Crippen LogP contribution in [0.25, 0.3) is 0 Å². The number of nitrogens with zero attached hydrogens (tertiary/aromatic N) is 3. The molecule has 0 saturated heterocycles. The van der Waals surface area contributed by atoms with Gasteiger partial charge in [-0.25, -0.2) is 9.97 Å². The molecular weight excluding hydrogens is 302 g/mol. The number of carbonyl (C=O) groups is 2. The lowest BCUT2D eigenvalue weighted by Crippen LogP contribution is -2.37. The maximum atomic E-state index is 12.3. The van der Waals surface area contributed by atoms with Gasteiger partial charge >= 0.3 is 5.97 Å². The van der Waals surface area contributed by atoms with Crippen LogP contribution in [0.1, 0.15) is 31.7 Å². The van der Waals surface area contributed by atoms with E-state index in [1.165, 1.54) is 11.8 Å². The van der Waals surface area contributed by atoms with Crippen molar-refractivity contribution in [1.82, 2.24) is 14.9 Å². The van der Waals surface area contributed by atoms with Gasteiger partial charge in [0.1, 0.15) is 0 Å². The highest BCUT2D eigenvalue weighted by molar-refractivity contribution is 7.99. The predicted molar refractivity (Wildman–Crippen MR) is 85.9 cm³/mol. The van der Waals surface area contributed by atoms with Crippen LogP contribution in [0.4, 0.5) is 0 Å². The van der Waals surface area contributed by atoms with E-state index in [0.717, 1.165) is 11.4 Å². The van der Waals surface area contributed by atoms with Crippen LogP contribution in [0, 0.1) is 19.8 Å². The van der Waals surface area contributed by atoms with Crippen molar-refractivity contribution in [2.75, 3.05) is 18.8 Å². The zero-order chi connectivity index (χ0) is 16.7. The van der Waals surface area contributed by atoms with E-state index in [-0.39, 0.29) is 24.6 Å². The van der Waals surface area contributed by atoms with Crippen LogP contribution in [-0.2, 0) is 9.59 Å². The molecule has 0 aliphatic carbocycles. The summed E-state index contributed by atoms with van der Waals surface area (Å²) >= 11 is 1.29. The van der Waals surface area contributed by atoms with Crippen LogP contribution < -0.4 is 0 Å². The standard InChI is InChI=1S/C15H23N3O3S/c1-10(2)8-18(6-5-14(20)21)13(19)9-22-15-16-11(3)7-12(4)17-15/h7,10H,5-6,8-9H2,1-4H3,(H,20,21). The topological polar surface area (TPSA) is 83.4 Å². The summed E-state index contributed by atoms with van der Waals surface area (Å²) in [6.07, 6.45) is -0.0385. The molecule has 0 radical (unpaired) electrons. The number of thioether (sulfide) groups is 1. The molecule has 1 amide bonds.